The molecule has 0 unspecified atom stereocenters. The molecule has 18 heavy (non-hydrogen) atoms. The molecule has 0 fully saturated rings. The van der Waals surface area contributed by atoms with Crippen molar-refractivity contribution in [3.05, 3.63) is 34.1 Å². The van der Waals surface area contributed by atoms with E-state index in [1.807, 2.05) is 19.9 Å². The van der Waals surface area contributed by atoms with Gasteiger partial charge in [0.25, 0.3) is 5.91 Å². The number of benzene rings is 1. The number of rotatable bonds is 4. The molecule has 3 nitrogen and oxygen atoms in total. The Balaban J connectivity index is 2.95. The van der Waals surface area contributed by atoms with Gasteiger partial charge in [0.1, 0.15) is 5.82 Å². The first-order valence-electron chi connectivity index (χ1n) is 5.60. The van der Waals surface area contributed by atoms with E-state index in [4.69, 9.17) is 5.26 Å². The Morgan fingerprint density at radius 1 is 1.56 bits per heavy atom. The molecule has 0 spiro atoms. The summed E-state index contributed by atoms with van der Waals surface area (Å²) in [5.74, 6) is -0.597. The summed E-state index contributed by atoms with van der Waals surface area (Å²) in [6.07, 6.45) is 0.284. The van der Waals surface area contributed by atoms with Crippen LogP contribution in [-0.2, 0) is 0 Å². The van der Waals surface area contributed by atoms with Crippen LogP contribution in [0.5, 0.6) is 0 Å². The van der Waals surface area contributed by atoms with Crippen LogP contribution in [0.4, 0.5) is 4.39 Å². The first-order valence-corrected chi connectivity index (χ1v) is 6.39. The van der Waals surface area contributed by atoms with E-state index >= 15 is 0 Å². The van der Waals surface area contributed by atoms with Crippen LogP contribution in [0.2, 0.25) is 0 Å². The number of hydrogen-bond acceptors (Lipinski definition) is 2. The summed E-state index contributed by atoms with van der Waals surface area (Å²) in [6.45, 7) is 4.14. The molecule has 0 aliphatic rings. The second-order valence-corrected chi connectivity index (χ2v) is 4.98. The molecule has 0 radical (unpaired) electrons. The van der Waals surface area contributed by atoms with E-state index in [0.717, 1.165) is 0 Å². The van der Waals surface area contributed by atoms with E-state index in [-0.39, 0.29) is 22.8 Å². The van der Waals surface area contributed by atoms with Crippen LogP contribution in [0.15, 0.2) is 22.7 Å². The minimum Gasteiger partial charge on any atom is -0.335 e. The Morgan fingerprint density at radius 3 is 2.72 bits per heavy atom. The first kappa shape index (κ1) is 14.7. The van der Waals surface area contributed by atoms with E-state index in [2.05, 4.69) is 15.9 Å². The van der Waals surface area contributed by atoms with E-state index in [0.29, 0.717) is 12.1 Å². The second kappa shape index (κ2) is 6.50. The molecule has 5 heteroatoms. The number of nitrogens with zero attached hydrogens (tertiary/aromatic N) is 2. The highest BCUT2D eigenvalue weighted by molar-refractivity contribution is 9.10. The Labute approximate surface area is 114 Å². The fourth-order valence-electron chi connectivity index (χ4n) is 1.56. The Hall–Kier alpha value is -1.41. The average molecular weight is 313 g/mol. The number of amides is 1. The van der Waals surface area contributed by atoms with E-state index in [9.17, 15) is 9.18 Å². The van der Waals surface area contributed by atoms with Crippen LogP contribution in [0.3, 0.4) is 0 Å². The highest BCUT2D eigenvalue weighted by Gasteiger charge is 2.19. The standard InChI is InChI=1S/C13H14BrFN2O/c1-9(2)17(7-3-6-16)13(18)10-4-5-12(15)11(14)8-10/h4-5,8-9H,3,7H2,1-2H3. The lowest BCUT2D eigenvalue weighted by Crippen LogP contribution is -2.37. The van der Waals surface area contributed by atoms with E-state index in [1.165, 1.54) is 18.2 Å². The molecule has 0 aromatic heterocycles. The van der Waals surface area contributed by atoms with Gasteiger partial charge in [-0.25, -0.2) is 4.39 Å². The van der Waals surface area contributed by atoms with E-state index < -0.39 is 5.82 Å². The maximum atomic E-state index is 13.1. The third-order valence-electron chi connectivity index (χ3n) is 2.52. The quantitative estimate of drug-likeness (QED) is 0.855. The topological polar surface area (TPSA) is 44.1 Å². The van der Waals surface area contributed by atoms with Crippen molar-refractivity contribution in [1.82, 2.24) is 4.90 Å². The van der Waals surface area contributed by atoms with Gasteiger partial charge in [-0.2, -0.15) is 5.26 Å². The Morgan fingerprint density at radius 2 is 2.22 bits per heavy atom. The van der Waals surface area contributed by atoms with Crippen LogP contribution in [-0.4, -0.2) is 23.4 Å². The van der Waals surface area contributed by atoms with Crippen LogP contribution in [0.1, 0.15) is 30.6 Å². The monoisotopic (exact) mass is 312 g/mol. The lowest BCUT2D eigenvalue weighted by molar-refractivity contribution is 0.0710. The summed E-state index contributed by atoms with van der Waals surface area (Å²) >= 11 is 3.06. The molecule has 0 bridgehead atoms. The fraction of sp³-hybridized carbons (Fsp3) is 0.385. The largest absolute Gasteiger partial charge is 0.335 e. The van der Waals surface area contributed by atoms with Gasteiger partial charge in [0.15, 0.2) is 0 Å². The maximum Gasteiger partial charge on any atom is 0.254 e. The van der Waals surface area contributed by atoms with Crippen molar-refractivity contribution in [1.29, 1.82) is 5.26 Å². The highest BCUT2D eigenvalue weighted by atomic mass is 79.9. The smallest absolute Gasteiger partial charge is 0.254 e. The molecule has 0 N–H and O–H groups in total. The van der Waals surface area contributed by atoms with Crippen LogP contribution in [0, 0.1) is 17.1 Å². The lowest BCUT2D eigenvalue weighted by Gasteiger charge is -2.26. The summed E-state index contributed by atoms with van der Waals surface area (Å²) in [5.41, 5.74) is 0.412. The number of carbonyl (C=O) groups excluding carboxylic acids is 1. The Bertz CT molecular complexity index is 482. The van der Waals surface area contributed by atoms with Gasteiger partial charge in [0.05, 0.1) is 17.0 Å². The fourth-order valence-corrected chi connectivity index (χ4v) is 1.94. The number of nitriles is 1. The Kier molecular flexibility index (Phi) is 5.29. The molecule has 0 atom stereocenters. The molecule has 1 aromatic carbocycles. The van der Waals surface area contributed by atoms with Gasteiger partial charge < -0.3 is 4.90 Å². The zero-order chi connectivity index (χ0) is 13.7. The van der Waals surface area contributed by atoms with Gasteiger partial charge in [-0.3, -0.25) is 4.79 Å². The van der Waals surface area contributed by atoms with Gasteiger partial charge >= 0.3 is 0 Å². The molecule has 0 aliphatic heterocycles. The zero-order valence-electron chi connectivity index (χ0n) is 10.3. The van der Waals surface area contributed by atoms with Gasteiger partial charge in [-0.15, -0.1) is 0 Å². The number of hydrogen-bond donors (Lipinski definition) is 0. The zero-order valence-corrected chi connectivity index (χ0v) is 11.9. The molecular weight excluding hydrogens is 299 g/mol. The van der Waals surface area contributed by atoms with Crippen LogP contribution >= 0.6 is 15.9 Å². The predicted octanol–water partition coefficient (Wildman–Crippen LogP) is 3.35. The van der Waals surface area contributed by atoms with Gasteiger partial charge in [-0.1, -0.05) is 0 Å². The second-order valence-electron chi connectivity index (χ2n) is 4.13. The van der Waals surface area contributed by atoms with Crippen molar-refractivity contribution in [3.8, 4) is 6.07 Å². The minimum absolute atomic E-state index is 0.00493. The third kappa shape index (κ3) is 3.54. The summed E-state index contributed by atoms with van der Waals surface area (Å²) < 4.78 is 13.4. The average Bonchev–Trinajstić information content (AvgIpc) is 2.32. The molecular formula is C13H14BrFN2O. The minimum atomic E-state index is -0.403. The molecule has 0 aliphatic carbocycles. The molecule has 0 heterocycles. The molecule has 1 aromatic rings. The van der Waals surface area contributed by atoms with Gasteiger partial charge in [0, 0.05) is 18.2 Å². The van der Waals surface area contributed by atoms with Crippen molar-refractivity contribution in [3.63, 3.8) is 0 Å². The van der Waals surface area contributed by atoms with Crippen LogP contribution < -0.4 is 0 Å². The van der Waals surface area contributed by atoms with Crippen LogP contribution in [0.25, 0.3) is 0 Å². The summed E-state index contributed by atoms with van der Waals surface area (Å²) in [4.78, 5) is 13.8. The lowest BCUT2D eigenvalue weighted by atomic mass is 10.1. The molecule has 1 amide bonds. The van der Waals surface area contributed by atoms with Gasteiger partial charge in [-0.05, 0) is 48.0 Å². The SMILES string of the molecule is CC(C)N(CCC#N)C(=O)c1ccc(F)c(Br)c1. The molecule has 96 valence electrons. The summed E-state index contributed by atoms with van der Waals surface area (Å²) in [7, 11) is 0. The third-order valence-corrected chi connectivity index (χ3v) is 3.12. The van der Waals surface area contributed by atoms with E-state index in [1.54, 1.807) is 4.90 Å². The molecule has 0 saturated carbocycles. The normalized spacial score (nSPS) is 10.2. The number of halogens is 2. The first-order chi connectivity index (χ1) is 8.47. The van der Waals surface area contributed by atoms with Gasteiger partial charge in [0.2, 0.25) is 0 Å². The molecule has 0 saturated heterocycles. The number of carbonyl (C=O) groups is 1. The van der Waals surface area contributed by atoms with Crippen molar-refractivity contribution >= 4 is 21.8 Å². The van der Waals surface area contributed by atoms with Crippen molar-refractivity contribution in [2.75, 3.05) is 6.54 Å². The molecule has 1 rings (SSSR count). The van der Waals surface area contributed by atoms with Crippen molar-refractivity contribution in [2.24, 2.45) is 0 Å². The summed E-state index contributed by atoms with van der Waals surface area (Å²) in [6, 6.07) is 6.17. The highest BCUT2D eigenvalue weighted by Crippen LogP contribution is 2.18. The maximum absolute atomic E-state index is 13.1. The van der Waals surface area contributed by atoms with Crippen molar-refractivity contribution < 1.29 is 9.18 Å². The summed E-state index contributed by atoms with van der Waals surface area (Å²) in [5, 5.41) is 8.58. The predicted molar refractivity (Wildman–Crippen MR) is 70.5 cm³/mol. The van der Waals surface area contributed by atoms with Crippen molar-refractivity contribution in [2.45, 2.75) is 26.3 Å².